The van der Waals surface area contributed by atoms with Crippen molar-refractivity contribution in [1.82, 2.24) is 0 Å². The maximum atomic E-state index is 12.5. The Morgan fingerprint density at radius 1 is 0.914 bits per heavy atom. The molecule has 0 aromatic heterocycles. The maximum Gasteiger partial charge on any atom is 0.338 e. The molecule has 6 nitrogen and oxygen atoms in total. The van der Waals surface area contributed by atoms with Crippen molar-refractivity contribution < 1.29 is 19.1 Å². The molecule has 0 heterocycles. The number of unbranched alkanes of at least 4 members (excludes halogenated alkanes) is 1. The van der Waals surface area contributed by atoms with Crippen LogP contribution in [0, 0.1) is 0 Å². The molecule has 182 valence electrons. The average molecular weight is 531 g/mol. The van der Waals surface area contributed by atoms with Gasteiger partial charge in [0.1, 0.15) is 0 Å². The van der Waals surface area contributed by atoms with Crippen molar-refractivity contribution in [3.63, 3.8) is 0 Å². The van der Waals surface area contributed by atoms with Crippen LogP contribution in [0.5, 0.6) is 0 Å². The summed E-state index contributed by atoms with van der Waals surface area (Å²) in [5.74, 6) is -0.765. The average Bonchev–Trinajstić information content (AvgIpc) is 2.83. The first-order chi connectivity index (χ1) is 16.9. The SMILES string of the molecule is CCCCOC(=O)c1ccc(NC(=O)CSc2cccc(NC(=O)c3ccc(Cl)cc3Cl)c2)cc1. The van der Waals surface area contributed by atoms with E-state index >= 15 is 0 Å². The first-order valence-corrected chi connectivity index (χ1v) is 12.7. The number of thioether (sulfide) groups is 1. The molecule has 0 aliphatic heterocycles. The van der Waals surface area contributed by atoms with E-state index in [4.69, 9.17) is 27.9 Å². The molecular weight excluding hydrogens is 507 g/mol. The minimum atomic E-state index is -0.378. The molecule has 2 amide bonds. The van der Waals surface area contributed by atoms with Crippen molar-refractivity contribution in [3.05, 3.63) is 87.9 Å². The third-order valence-electron chi connectivity index (χ3n) is 4.77. The standard InChI is InChI=1S/C26H24Cl2N2O4S/c1-2-3-13-34-26(33)17-7-10-19(11-8-17)29-24(31)16-35-21-6-4-5-20(15-21)30-25(32)22-12-9-18(27)14-23(22)28/h4-12,14-15H,2-3,13,16H2,1H3,(H,29,31)(H,30,32). The van der Waals surface area contributed by atoms with Gasteiger partial charge in [-0.05, 0) is 67.1 Å². The fraction of sp³-hybridized carbons (Fsp3) is 0.192. The van der Waals surface area contributed by atoms with E-state index in [1.807, 2.05) is 13.0 Å². The number of anilines is 2. The summed E-state index contributed by atoms with van der Waals surface area (Å²) >= 11 is 13.3. The molecule has 0 aliphatic rings. The third-order valence-corrected chi connectivity index (χ3v) is 6.31. The van der Waals surface area contributed by atoms with Crippen LogP contribution in [-0.2, 0) is 9.53 Å². The lowest BCUT2D eigenvalue weighted by Gasteiger charge is -2.09. The highest BCUT2D eigenvalue weighted by molar-refractivity contribution is 8.00. The van der Waals surface area contributed by atoms with E-state index in [1.54, 1.807) is 54.6 Å². The second-order valence-electron chi connectivity index (χ2n) is 7.51. The Hall–Kier alpha value is -3.00. The molecule has 0 radical (unpaired) electrons. The molecule has 0 aliphatic carbocycles. The van der Waals surface area contributed by atoms with Gasteiger partial charge in [-0.1, -0.05) is 42.6 Å². The summed E-state index contributed by atoms with van der Waals surface area (Å²) in [4.78, 5) is 37.7. The number of amides is 2. The van der Waals surface area contributed by atoms with Gasteiger partial charge in [0, 0.05) is 21.3 Å². The fourth-order valence-electron chi connectivity index (χ4n) is 2.96. The molecule has 3 aromatic rings. The zero-order chi connectivity index (χ0) is 25.2. The van der Waals surface area contributed by atoms with Crippen LogP contribution in [0.25, 0.3) is 0 Å². The molecule has 0 fully saturated rings. The molecule has 0 saturated heterocycles. The van der Waals surface area contributed by atoms with E-state index < -0.39 is 0 Å². The number of esters is 1. The lowest BCUT2D eigenvalue weighted by atomic mass is 10.2. The number of nitrogens with one attached hydrogen (secondary N) is 2. The van der Waals surface area contributed by atoms with Crippen LogP contribution in [0.15, 0.2) is 71.6 Å². The Balaban J connectivity index is 1.51. The van der Waals surface area contributed by atoms with Gasteiger partial charge in [0.15, 0.2) is 0 Å². The Kier molecular flexibility index (Phi) is 10.0. The van der Waals surface area contributed by atoms with Crippen LogP contribution in [0.4, 0.5) is 11.4 Å². The number of hydrogen-bond donors (Lipinski definition) is 2. The lowest BCUT2D eigenvalue weighted by molar-refractivity contribution is -0.113. The zero-order valence-corrected chi connectivity index (χ0v) is 21.3. The Labute approximate surface area is 218 Å². The second-order valence-corrected chi connectivity index (χ2v) is 9.40. The van der Waals surface area contributed by atoms with Gasteiger partial charge in [-0.3, -0.25) is 9.59 Å². The van der Waals surface area contributed by atoms with Gasteiger partial charge in [0.2, 0.25) is 5.91 Å². The summed E-state index contributed by atoms with van der Waals surface area (Å²) in [6.07, 6.45) is 1.77. The molecule has 0 saturated carbocycles. The van der Waals surface area contributed by atoms with Crippen LogP contribution < -0.4 is 10.6 Å². The van der Waals surface area contributed by atoms with E-state index in [-0.39, 0.29) is 28.6 Å². The summed E-state index contributed by atoms with van der Waals surface area (Å²) in [5, 5.41) is 6.31. The molecule has 0 atom stereocenters. The predicted molar refractivity (Wildman–Crippen MR) is 142 cm³/mol. The quantitative estimate of drug-likeness (QED) is 0.168. The van der Waals surface area contributed by atoms with Gasteiger partial charge in [0.05, 0.1) is 28.5 Å². The lowest BCUT2D eigenvalue weighted by Crippen LogP contribution is -2.14. The highest BCUT2D eigenvalue weighted by Gasteiger charge is 2.12. The Morgan fingerprint density at radius 3 is 2.40 bits per heavy atom. The normalized spacial score (nSPS) is 10.5. The summed E-state index contributed by atoms with van der Waals surface area (Å²) in [7, 11) is 0. The molecule has 35 heavy (non-hydrogen) atoms. The molecule has 3 rings (SSSR count). The van der Waals surface area contributed by atoms with Gasteiger partial charge in [-0.15, -0.1) is 11.8 Å². The highest BCUT2D eigenvalue weighted by atomic mass is 35.5. The minimum absolute atomic E-state index is 0.168. The monoisotopic (exact) mass is 530 g/mol. The molecule has 0 unspecified atom stereocenters. The van der Waals surface area contributed by atoms with Crippen molar-refractivity contribution in [1.29, 1.82) is 0 Å². The molecule has 9 heteroatoms. The van der Waals surface area contributed by atoms with E-state index in [0.717, 1.165) is 17.7 Å². The van der Waals surface area contributed by atoms with Gasteiger partial charge >= 0.3 is 5.97 Å². The zero-order valence-electron chi connectivity index (χ0n) is 19.0. The summed E-state index contributed by atoms with van der Waals surface area (Å²) < 4.78 is 5.18. The molecule has 2 N–H and O–H groups in total. The minimum Gasteiger partial charge on any atom is -0.462 e. The second kappa shape index (κ2) is 13.2. The number of ether oxygens (including phenoxy) is 1. The summed E-state index contributed by atoms with van der Waals surface area (Å²) in [5.41, 5.74) is 1.91. The third kappa shape index (κ3) is 8.31. The van der Waals surface area contributed by atoms with Gasteiger partial charge in [-0.2, -0.15) is 0 Å². The van der Waals surface area contributed by atoms with Crippen molar-refractivity contribution >= 4 is 64.1 Å². The summed E-state index contributed by atoms with van der Waals surface area (Å²) in [6.45, 7) is 2.42. The fourth-order valence-corrected chi connectivity index (χ4v) is 4.21. The number of carbonyl (C=O) groups excluding carboxylic acids is 3. The number of rotatable bonds is 10. The van der Waals surface area contributed by atoms with E-state index in [9.17, 15) is 14.4 Å². The van der Waals surface area contributed by atoms with Gasteiger partial charge in [0.25, 0.3) is 5.91 Å². The Morgan fingerprint density at radius 2 is 1.69 bits per heavy atom. The number of hydrogen-bond acceptors (Lipinski definition) is 5. The number of halogens is 2. The van der Waals surface area contributed by atoms with Crippen LogP contribution in [0.2, 0.25) is 10.0 Å². The smallest absolute Gasteiger partial charge is 0.338 e. The topological polar surface area (TPSA) is 84.5 Å². The van der Waals surface area contributed by atoms with Crippen molar-refractivity contribution in [2.45, 2.75) is 24.7 Å². The van der Waals surface area contributed by atoms with E-state index in [0.29, 0.717) is 34.1 Å². The van der Waals surface area contributed by atoms with E-state index in [2.05, 4.69) is 10.6 Å². The molecule has 0 spiro atoms. The van der Waals surface area contributed by atoms with Crippen molar-refractivity contribution in [3.8, 4) is 0 Å². The Bertz CT molecular complexity index is 1200. The van der Waals surface area contributed by atoms with Crippen molar-refractivity contribution in [2.24, 2.45) is 0 Å². The van der Waals surface area contributed by atoms with Crippen LogP contribution in [0.1, 0.15) is 40.5 Å². The largest absolute Gasteiger partial charge is 0.462 e. The van der Waals surface area contributed by atoms with Crippen LogP contribution >= 0.6 is 35.0 Å². The number of carbonyl (C=O) groups is 3. The predicted octanol–water partition coefficient (Wildman–Crippen LogP) is 6.93. The van der Waals surface area contributed by atoms with Gasteiger partial charge < -0.3 is 15.4 Å². The first-order valence-electron chi connectivity index (χ1n) is 10.9. The molecule has 0 bridgehead atoms. The van der Waals surface area contributed by atoms with Crippen LogP contribution in [-0.4, -0.2) is 30.1 Å². The molecular formula is C26H24Cl2N2O4S. The van der Waals surface area contributed by atoms with Crippen molar-refractivity contribution in [2.75, 3.05) is 23.0 Å². The van der Waals surface area contributed by atoms with Crippen LogP contribution in [0.3, 0.4) is 0 Å². The molecule has 3 aromatic carbocycles. The summed E-state index contributed by atoms with van der Waals surface area (Å²) in [6, 6.07) is 18.4. The first kappa shape index (κ1) is 26.6. The highest BCUT2D eigenvalue weighted by Crippen LogP contribution is 2.25. The van der Waals surface area contributed by atoms with E-state index in [1.165, 1.54) is 17.8 Å². The maximum absolute atomic E-state index is 12.5. The van der Waals surface area contributed by atoms with Gasteiger partial charge in [-0.25, -0.2) is 4.79 Å². The number of benzene rings is 3.